The molecule has 0 radical (unpaired) electrons. The fourth-order valence-corrected chi connectivity index (χ4v) is 2.81. The number of hydrazone groups is 1. The number of nitrogens with one attached hydrogen (secondary N) is 1. The zero-order valence-electron chi connectivity index (χ0n) is 15.6. The Kier molecular flexibility index (Phi) is 5.71. The maximum atomic E-state index is 12.4. The van der Waals surface area contributed by atoms with Crippen molar-refractivity contribution in [3.05, 3.63) is 71.8 Å². The van der Waals surface area contributed by atoms with E-state index in [2.05, 4.69) is 10.5 Å². The highest BCUT2D eigenvalue weighted by molar-refractivity contribution is 6.03. The van der Waals surface area contributed by atoms with Gasteiger partial charge in [0.25, 0.3) is 5.91 Å². The maximum absolute atomic E-state index is 12.4. The number of ether oxygens (including phenoxy) is 2. The van der Waals surface area contributed by atoms with Gasteiger partial charge in [0.1, 0.15) is 11.5 Å². The van der Waals surface area contributed by atoms with Crippen molar-refractivity contribution in [2.45, 2.75) is 20.0 Å². The average Bonchev–Trinajstić information content (AvgIpc) is 2.68. The Morgan fingerprint density at radius 1 is 1.00 bits per heavy atom. The molecule has 0 spiro atoms. The molecule has 1 N–H and O–H groups in total. The Bertz CT molecular complexity index is 980. The minimum Gasteiger partial charge on any atom is -0.496 e. The Morgan fingerprint density at radius 2 is 1.74 bits per heavy atom. The minimum absolute atomic E-state index is 0.0292. The Hall–Kier alpha value is -3.34. The van der Waals surface area contributed by atoms with Crippen LogP contribution in [0.5, 0.6) is 11.5 Å². The second kappa shape index (κ2) is 8.36. The van der Waals surface area contributed by atoms with Gasteiger partial charge in [0.05, 0.1) is 25.0 Å². The molecule has 3 aromatic rings. The molecule has 5 nitrogen and oxygen atoms in total. The van der Waals surface area contributed by atoms with Gasteiger partial charge in [0.2, 0.25) is 0 Å². The molecule has 3 aromatic carbocycles. The highest BCUT2D eigenvalue weighted by Crippen LogP contribution is 2.27. The lowest BCUT2D eigenvalue weighted by molar-refractivity contribution is 0.0952. The van der Waals surface area contributed by atoms with Gasteiger partial charge in [-0.2, -0.15) is 5.10 Å². The molecule has 1 amide bonds. The van der Waals surface area contributed by atoms with Gasteiger partial charge in [0, 0.05) is 5.56 Å². The van der Waals surface area contributed by atoms with E-state index in [0.29, 0.717) is 11.3 Å². The lowest BCUT2D eigenvalue weighted by Gasteiger charge is -2.14. The van der Waals surface area contributed by atoms with E-state index in [1.54, 1.807) is 24.4 Å². The van der Waals surface area contributed by atoms with Crippen molar-refractivity contribution in [1.82, 2.24) is 5.43 Å². The molecule has 138 valence electrons. The van der Waals surface area contributed by atoms with Gasteiger partial charge in [0.15, 0.2) is 0 Å². The Balaban J connectivity index is 1.89. The van der Waals surface area contributed by atoms with Gasteiger partial charge < -0.3 is 9.47 Å². The molecular weight excluding hydrogens is 340 g/mol. The molecule has 5 heteroatoms. The first-order chi connectivity index (χ1) is 13.1. The fourth-order valence-electron chi connectivity index (χ4n) is 2.81. The molecule has 0 atom stereocenters. The number of hydrogen-bond donors (Lipinski definition) is 1. The van der Waals surface area contributed by atoms with Crippen molar-refractivity contribution in [2.75, 3.05) is 7.11 Å². The van der Waals surface area contributed by atoms with Gasteiger partial charge in [-0.25, -0.2) is 5.43 Å². The van der Waals surface area contributed by atoms with E-state index in [1.807, 2.05) is 56.3 Å². The number of benzene rings is 3. The number of amides is 1. The predicted octanol–water partition coefficient (Wildman–Crippen LogP) is 4.40. The second-order valence-electron chi connectivity index (χ2n) is 6.26. The number of methoxy groups -OCH3 is 1. The first kappa shape index (κ1) is 18.5. The van der Waals surface area contributed by atoms with Crippen LogP contribution in [0.25, 0.3) is 10.8 Å². The maximum Gasteiger partial charge on any atom is 0.275 e. The second-order valence-corrected chi connectivity index (χ2v) is 6.26. The van der Waals surface area contributed by atoms with Crippen LogP contribution in [0.2, 0.25) is 0 Å². The lowest BCUT2D eigenvalue weighted by Crippen LogP contribution is -2.18. The zero-order chi connectivity index (χ0) is 19.2. The topological polar surface area (TPSA) is 59.9 Å². The molecule has 0 saturated carbocycles. The third-order valence-corrected chi connectivity index (χ3v) is 4.00. The number of rotatable bonds is 6. The van der Waals surface area contributed by atoms with Gasteiger partial charge in [-0.3, -0.25) is 4.79 Å². The number of nitrogens with zero attached hydrogens (tertiary/aromatic N) is 1. The molecular formula is C22H22N2O3. The molecule has 0 unspecified atom stereocenters. The number of carbonyl (C=O) groups excluding carboxylic acids is 1. The van der Waals surface area contributed by atoms with Crippen LogP contribution in [0.1, 0.15) is 29.8 Å². The van der Waals surface area contributed by atoms with Gasteiger partial charge in [-0.1, -0.05) is 42.5 Å². The number of para-hydroxylation sites is 1. The third kappa shape index (κ3) is 4.26. The highest BCUT2D eigenvalue weighted by atomic mass is 16.5. The first-order valence-corrected chi connectivity index (χ1v) is 8.75. The minimum atomic E-state index is -0.338. The lowest BCUT2D eigenvalue weighted by atomic mass is 10.0. The van der Waals surface area contributed by atoms with Crippen molar-refractivity contribution in [1.29, 1.82) is 0 Å². The van der Waals surface area contributed by atoms with Gasteiger partial charge in [-0.15, -0.1) is 0 Å². The largest absolute Gasteiger partial charge is 0.496 e. The third-order valence-electron chi connectivity index (χ3n) is 4.00. The van der Waals surface area contributed by atoms with Crippen LogP contribution < -0.4 is 14.9 Å². The fraction of sp³-hybridized carbons (Fsp3) is 0.182. The van der Waals surface area contributed by atoms with E-state index >= 15 is 0 Å². The van der Waals surface area contributed by atoms with Crippen LogP contribution in [0.3, 0.4) is 0 Å². The SMILES string of the molecule is COc1ccccc1C(=O)N/N=C\c1c(OC(C)C)ccc2ccccc12. The van der Waals surface area contributed by atoms with Gasteiger partial charge in [-0.05, 0) is 42.8 Å². The van der Waals surface area contributed by atoms with E-state index in [4.69, 9.17) is 9.47 Å². The Morgan fingerprint density at radius 3 is 2.52 bits per heavy atom. The summed E-state index contributed by atoms with van der Waals surface area (Å²) in [5, 5.41) is 6.23. The number of fused-ring (bicyclic) bond motifs is 1. The smallest absolute Gasteiger partial charge is 0.275 e. The van der Waals surface area contributed by atoms with Gasteiger partial charge >= 0.3 is 0 Å². The molecule has 0 aliphatic heterocycles. The van der Waals surface area contributed by atoms with Crippen LogP contribution >= 0.6 is 0 Å². The first-order valence-electron chi connectivity index (χ1n) is 8.75. The summed E-state index contributed by atoms with van der Waals surface area (Å²) in [6.45, 7) is 3.94. The number of hydrogen-bond acceptors (Lipinski definition) is 4. The van der Waals surface area contributed by atoms with Crippen LogP contribution in [-0.2, 0) is 0 Å². The molecule has 0 aromatic heterocycles. The standard InChI is InChI=1S/C22H22N2O3/c1-15(2)27-21-13-12-16-8-4-5-9-17(16)19(21)14-23-24-22(25)18-10-6-7-11-20(18)26-3/h4-15H,1-3H3,(H,24,25)/b23-14-. The summed E-state index contributed by atoms with van der Waals surface area (Å²) in [4.78, 5) is 12.4. The summed E-state index contributed by atoms with van der Waals surface area (Å²) < 4.78 is 11.1. The zero-order valence-corrected chi connectivity index (χ0v) is 15.6. The number of carbonyl (C=O) groups is 1. The van der Waals surface area contributed by atoms with Crippen LogP contribution in [0, 0.1) is 0 Å². The van der Waals surface area contributed by atoms with Crippen LogP contribution in [0.15, 0.2) is 65.8 Å². The summed E-state index contributed by atoms with van der Waals surface area (Å²) in [6, 6.07) is 18.9. The monoisotopic (exact) mass is 362 g/mol. The van der Waals surface area contributed by atoms with E-state index in [9.17, 15) is 4.79 Å². The summed E-state index contributed by atoms with van der Waals surface area (Å²) >= 11 is 0. The summed E-state index contributed by atoms with van der Waals surface area (Å²) in [5.74, 6) is 0.883. The van der Waals surface area contributed by atoms with Crippen molar-refractivity contribution in [3.8, 4) is 11.5 Å². The van der Waals surface area contributed by atoms with E-state index in [-0.39, 0.29) is 12.0 Å². The molecule has 27 heavy (non-hydrogen) atoms. The van der Waals surface area contributed by atoms with Crippen molar-refractivity contribution < 1.29 is 14.3 Å². The molecule has 0 aliphatic rings. The molecule has 0 heterocycles. The Labute approximate surface area is 158 Å². The average molecular weight is 362 g/mol. The molecule has 0 saturated heterocycles. The van der Waals surface area contributed by atoms with E-state index in [0.717, 1.165) is 22.1 Å². The molecule has 0 aliphatic carbocycles. The predicted molar refractivity (Wildman–Crippen MR) is 108 cm³/mol. The molecule has 3 rings (SSSR count). The van der Waals surface area contributed by atoms with Crippen molar-refractivity contribution in [3.63, 3.8) is 0 Å². The summed E-state index contributed by atoms with van der Waals surface area (Å²) in [7, 11) is 1.53. The van der Waals surface area contributed by atoms with Crippen LogP contribution in [0.4, 0.5) is 0 Å². The van der Waals surface area contributed by atoms with Crippen LogP contribution in [-0.4, -0.2) is 25.3 Å². The van der Waals surface area contributed by atoms with E-state index in [1.165, 1.54) is 7.11 Å². The molecule has 0 fully saturated rings. The normalized spacial score (nSPS) is 11.1. The molecule has 0 bridgehead atoms. The summed E-state index contributed by atoms with van der Waals surface area (Å²) in [6.07, 6.45) is 1.65. The van der Waals surface area contributed by atoms with Crippen molar-refractivity contribution >= 4 is 22.9 Å². The van der Waals surface area contributed by atoms with E-state index < -0.39 is 0 Å². The summed E-state index contributed by atoms with van der Waals surface area (Å²) in [5.41, 5.74) is 3.81. The quantitative estimate of drug-likeness (QED) is 0.522. The van der Waals surface area contributed by atoms with Crippen molar-refractivity contribution in [2.24, 2.45) is 5.10 Å². The highest BCUT2D eigenvalue weighted by Gasteiger charge is 2.11.